The van der Waals surface area contributed by atoms with Crippen molar-refractivity contribution in [3.05, 3.63) is 89.7 Å². The number of hydrogen-bond acceptors (Lipinski definition) is 4. The van der Waals surface area contributed by atoms with Crippen LogP contribution in [0.3, 0.4) is 0 Å². The second-order valence-corrected chi connectivity index (χ2v) is 7.04. The van der Waals surface area contributed by atoms with E-state index in [1.54, 1.807) is 24.5 Å². The quantitative estimate of drug-likeness (QED) is 0.682. The number of amides is 1. The molecule has 5 heteroatoms. The van der Waals surface area contributed by atoms with Crippen LogP contribution in [0, 0.1) is 0 Å². The van der Waals surface area contributed by atoms with Crippen LogP contribution in [0.4, 0.5) is 0 Å². The first-order valence-electron chi connectivity index (χ1n) is 9.94. The number of pyridine rings is 1. The summed E-state index contributed by atoms with van der Waals surface area (Å²) in [5.74, 6) is 1.38. The Labute approximate surface area is 170 Å². The Hall–Kier alpha value is -3.34. The van der Waals surface area contributed by atoms with Crippen molar-refractivity contribution in [2.45, 2.75) is 25.3 Å². The maximum absolute atomic E-state index is 12.8. The van der Waals surface area contributed by atoms with E-state index in [1.807, 2.05) is 36.4 Å². The summed E-state index contributed by atoms with van der Waals surface area (Å²) in [4.78, 5) is 16.8. The smallest absolute Gasteiger partial charge is 0.251 e. The second-order valence-electron chi connectivity index (χ2n) is 7.04. The van der Waals surface area contributed by atoms with Gasteiger partial charge >= 0.3 is 0 Å². The minimum atomic E-state index is -0.145. The Morgan fingerprint density at radius 2 is 1.72 bits per heavy atom. The highest BCUT2D eigenvalue weighted by molar-refractivity contribution is 5.94. The minimum Gasteiger partial charge on any atom is -0.490 e. The summed E-state index contributed by atoms with van der Waals surface area (Å²) in [5.41, 5.74) is 2.84. The Morgan fingerprint density at radius 3 is 2.52 bits per heavy atom. The van der Waals surface area contributed by atoms with Gasteiger partial charge in [-0.15, -0.1) is 0 Å². The van der Waals surface area contributed by atoms with E-state index >= 15 is 0 Å². The van der Waals surface area contributed by atoms with Gasteiger partial charge in [-0.25, -0.2) is 0 Å². The average Bonchev–Trinajstić information content (AvgIpc) is 3.02. The van der Waals surface area contributed by atoms with Crippen LogP contribution in [-0.2, 0) is 6.42 Å². The van der Waals surface area contributed by atoms with Crippen LogP contribution in [-0.4, -0.2) is 24.1 Å². The summed E-state index contributed by atoms with van der Waals surface area (Å²) in [6.07, 6.45) is 5.75. The second kappa shape index (κ2) is 9.24. The third-order valence-electron chi connectivity index (χ3n) is 4.99. The molecule has 2 heterocycles. The lowest BCUT2D eigenvalue weighted by molar-refractivity contribution is 0.0934. The summed E-state index contributed by atoms with van der Waals surface area (Å²) >= 11 is 0. The van der Waals surface area contributed by atoms with Gasteiger partial charge < -0.3 is 14.8 Å². The van der Waals surface area contributed by atoms with E-state index in [0.29, 0.717) is 18.8 Å². The molecule has 3 aromatic rings. The predicted molar refractivity (Wildman–Crippen MR) is 111 cm³/mol. The van der Waals surface area contributed by atoms with Gasteiger partial charge in [-0.2, -0.15) is 0 Å². The Balaban J connectivity index is 1.57. The molecule has 0 saturated heterocycles. The van der Waals surface area contributed by atoms with Crippen LogP contribution in [0.1, 0.15) is 40.4 Å². The van der Waals surface area contributed by atoms with Gasteiger partial charge in [-0.05, 0) is 48.2 Å². The summed E-state index contributed by atoms with van der Waals surface area (Å²) in [6, 6.07) is 19.5. The van der Waals surface area contributed by atoms with Crippen molar-refractivity contribution >= 4 is 5.91 Å². The summed E-state index contributed by atoms with van der Waals surface area (Å²) in [7, 11) is 0. The molecule has 0 saturated carbocycles. The Bertz CT molecular complexity index is 945. The maximum atomic E-state index is 12.8. The number of benzene rings is 2. The fraction of sp³-hybridized carbons (Fsp3) is 0.250. The number of carbonyl (C=O) groups is 1. The lowest BCUT2D eigenvalue weighted by Crippen LogP contribution is -2.29. The zero-order chi connectivity index (χ0) is 19.9. The van der Waals surface area contributed by atoms with Gasteiger partial charge in [0.25, 0.3) is 5.91 Å². The number of rotatable bonds is 6. The fourth-order valence-electron chi connectivity index (χ4n) is 3.42. The third-order valence-corrected chi connectivity index (χ3v) is 4.99. The zero-order valence-corrected chi connectivity index (χ0v) is 16.2. The van der Waals surface area contributed by atoms with E-state index in [1.165, 1.54) is 5.56 Å². The zero-order valence-electron chi connectivity index (χ0n) is 16.2. The van der Waals surface area contributed by atoms with E-state index in [-0.39, 0.29) is 11.9 Å². The number of hydrogen-bond donors (Lipinski definition) is 1. The van der Waals surface area contributed by atoms with Crippen molar-refractivity contribution < 1.29 is 14.3 Å². The molecule has 1 atom stereocenters. The molecule has 1 aliphatic heterocycles. The topological polar surface area (TPSA) is 60.5 Å². The first-order chi connectivity index (χ1) is 14.3. The lowest BCUT2D eigenvalue weighted by Gasteiger charge is -2.21. The van der Waals surface area contributed by atoms with Gasteiger partial charge in [0.1, 0.15) is 0 Å². The van der Waals surface area contributed by atoms with Crippen molar-refractivity contribution in [3.8, 4) is 11.5 Å². The molecule has 4 rings (SSSR count). The summed E-state index contributed by atoms with van der Waals surface area (Å²) < 4.78 is 11.6. The van der Waals surface area contributed by atoms with Crippen LogP contribution in [0.5, 0.6) is 11.5 Å². The Kier molecular flexibility index (Phi) is 6.05. The molecule has 0 spiro atoms. The molecular formula is C24H24N2O3. The number of nitrogens with one attached hydrogen (secondary N) is 1. The van der Waals surface area contributed by atoms with Crippen LogP contribution in [0.15, 0.2) is 73.1 Å². The molecule has 0 fully saturated rings. The highest BCUT2D eigenvalue weighted by Crippen LogP contribution is 2.33. The Morgan fingerprint density at radius 1 is 0.966 bits per heavy atom. The average molecular weight is 388 g/mol. The molecule has 0 bridgehead atoms. The molecular weight excluding hydrogens is 364 g/mol. The third kappa shape index (κ3) is 4.93. The van der Waals surface area contributed by atoms with Crippen LogP contribution in [0.25, 0.3) is 0 Å². The molecule has 5 nitrogen and oxygen atoms in total. The van der Waals surface area contributed by atoms with E-state index in [4.69, 9.17) is 9.47 Å². The lowest BCUT2D eigenvalue weighted by atomic mass is 9.98. The van der Waals surface area contributed by atoms with E-state index in [9.17, 15) is 4.79 Å². The first-order valence-corrected chi connectivity index (χ1v) is 9.94. The van der Waals surface area contributed by atoms with Crippen molar-refractivity contribution in [2.75, 3.05) is 13.2 Å². The molecule has 1 unspecified atom stereocenters. The summed E-state index contributed by atoms with van der Waals surface area (Å²) in [6.45, 7) is 1.29. The van der Waals surface area contributed by atoms with Crippen molar-refractivity contribution in [2.24, 2.45) is 0 Å². The van der Waals surface area contributed by atoms with Crippen molar-refractivity contribution in [1.29, 1.82) is 0 Å². The SMILES string of the molecule is O=C(NC(CCc1ccccc1)c1ccc2c(c1)OCCCO2)c1ccncc1. The molecule has 1 aliphatic rings. The largest absolute Gasteiger partial charge is 0.490 e. The number of fused-ring (bicyclic) bond motifs is 1. The highest BCUT2D eigenvalue weighted by Gasteiger charge is 2.19. The van der Waals surface area contributed by atoms with Crippen molar-refractivity contribution in [1.82, 2.24) is 10.3 Å². The first kappa shape index (κ1) is 19.0. The number of ether oxygens (including phenoxy) is 2. The number of aryl methyl sites for hydroxylation is 1. The van der Waals surface area contributed by atoms with Crippen LogP contribution >= 0.6 is 0 Å². The van der Waals surface area contributed by atoms with Crippen LogP contribution in [0.2, 0.25) is 0 Å². The van der Waals surface area contributed by atoms with Gasteiger partial charge in [-0.3, -0.25) is 9.78 Å². The van der Waals surface area contributed by atoms with E-state index in [2.05, 4.69) is 22.4 Å². The summed E-state index contributed by atoms with van der Waals surface area (Å²) in [5, 5.41) is 3.18. The standard InChI is InChI=1S/C24H24N2O3/c27-24(19-11-13-25-14-12-19)26-21(9-7-18-5-2-1-3-6-18)20-8-10-22-23(17-20)29-16-4-15-28-22/h1-3,5-6,8,10-14,17,21H,4,7,9,15-16H2,(H,26,27). The molecule has 2 aromatic carbocycles. The fourth-order valence-corrected chi connectivity index (χ4v) is 3.42. The molecule has 1 aromatic heterocycles. The maximum Gasteiger partial charge on any atom is 0.251 e. The normalized spacial score (nSPS) is 13.9. The molecule has 148 valence electrons. The number of aromatic nitrogens is 1. The molecule has 0 radical (unpaired) electrons. The minimum absolute atomic E-state index is 0.113. The van der Waals surface area contributed by atoms with Gasteiger partial charge in [-0.1, -0.05) is 36.4 Å². The van der Waals surface area contributed by atoms with Gasteiger partial charge in [0, 0.05) is 24.4 Å². The van der Waals surface area contributed by atoms with E-state index < -0.39 is 0 Å². The molecule has 1 amide bonds. The number of nitrogens with zero attached hydrogens (tertiary/aromatic N) is 1. The predicted octanol–water partition coefficient (Wildman–Crippen LogP) is 4.35. The molecule has 1 N–H and O–H groups in total. The van der Waals surface area contributed by atoms with Gasteiger partial charge in [0.2, 0.25) is 0 Å². The number of carbonyl (C=O) groups excluding carboxylic acids is 1. The molecule has 29 heavy (non-hydrogen) atoms. The van der Waals surface area contributed by atoms with Gasteiger partial charge in [0.05, 0.1) is 19.3 Å². The monoisotopic (exact) mass is 388 g/mol. The van der Waals surface area contributed by atoms with Crippen LogP contribution < -0.4 is 14.8 Å². The molecule has 0 aliphatic carbocycles. The van der Waals surface area contributed by atoms with Gasteiger partial charge in [0.15, 0.2) is 11.5 Å². The highest BCUT2D eigenvalue weighted by atomic mass is 16.5. The van der Waals surface area contributed by atoms with E-state index in [0.717, 1.165) is 36.3 Å². The van der Waals surface area contributed by atoms with Crippen molar-refractivity contribution in [3.63, 3.8) is 0 Å².